The Kier molecular flexibility index (Phi) is 5.14. The van der Waals surface area contributed by atoms with Crippen molar-refractivity contribution in [2.45, 2.75) is 37.3 Å². The van der Waals surface area contributed by atoms with Gasteiger partial charge in [0.15, 0.2) is 0 Å². The van der Waals surface area contributed by atoms with Gasteiger partial charge in [-0.25, -0.2) is 0 Å². The molecule has 0 aromatic rings. The van der Waals surface area contributed by atoms with Crippen LogP contribution in [-0.4, -0.2) is 72.3 Å². The van der Waals surface area contributed by atoms with Gasteiger partial charge in [0, 0.05) is 13.7 Å². The summed E-state index contributed by atoms with van der Waals surface area (Å²) in [4.78, 5) is 6.76. The molecule has 7 nitrogen and oxygen atoms in total. The highest BCUT2D eigenvalue weighted by Gasteiger charge is 2.35. The number of nitrogens with zero attached hydrogens (tertiary/aromatic N) is 2. The maximum Gasteiger partial charge on any atom is 0.130 e. The van der Waals surface area contributed by atoms with E-state index in [1.807, 2.05) is 17.2 Å². The van der Waals surface area contributed by atoms with E-state index in [9.17, 15) is 10.3 Å². The molecular formula is C12H22N2O5. The average Bonchev–Trinajstić information content (AvgIpc) is 2.90. The molecule has 1 saturated heterocycles. The second kappa shape index (κ2) is 6.65. The Morgan fingerprint density at radius 1 is 1.42 bits per heavy atom. The first kappa shape index (κ1) is 14.7. The number of ether oxygens (including phenoxy) is 2. The van der Waals surface area contributed by atoms with Gasteiger partial charge in [-0.2, -0.15) is 0 Å². The summed E-state index contributed by atoms with van der Waals surface area (Å²) < 4.78 is 10.9. The SMILES string of the molecule is COCC1OC(N2C=CC(N(O)OC)C2)CCC1O. The van der Waals surface area contributed by atoms with Crippen LogP contribution in [0.3, 0.4) is 0 Å². The van der Waals surface area contributed by atoms with Crippen LogP contribution in [-0.2, 0) is 14.3 Å². The van der Waals surface area contributed by atoms with Crippen molar-refractivity contribution in [1.82, 2.24) is 10.1 Å². The smallest absolute Gasteiger partial charge is 0.130 e. The monoisotopic (exact) mass is 274 g/mol. The van der Waals surface area contributed by atoms with Crippen LogP contribution < -0.4 is 0 Å². The largest absolute Gasteiger partial charge is 0.390 e. The van der Waals surface area contributed by atoms with E-state index in [0.717, 1.165) is 11.6 Å². The molecule has 0 aromatic heterocycles. The zero-order valence-corrected chi connectivity index (χ0v) is 11.3. The Balaban J connectivity index is 1.88. The molecule has 0 aliphatic carbocycles. The number of hydrogen-bond donors (Lipinski definition) is 2. The van der Waals surface area contributed by atoms with E-state index in [4.69, 9.17) is 14.3 Å². The van der Waals surface area contributed by atoms with Crippen molar-refractivity contribution < 1.29 is 24.6 Å². The summed E-state index contributed by atoms with van der Waals surface area (Å²) >= 11 is 0. The van der Waals surface area contributed by atoms with Crippen LogP contribution in [0.4, 0.5) is 0 Å². The second-order valence-corrected chi connectivity index (χ2v) is 4.82. The van der Waals surface area contributed by atoms with E-state index in [2.05, 4.69) is 0 Å². The minimum Gasteiger partial charge on any atom is -0.390 e. The number of aliphatic hydroxyl groups is 1. The molecule has 0 saturated carbocycles. The Bertz CT molecular complexity index is 314. The topological polar surface area (TPSA) is 74.6 Å². The van der Waals surface area contributed by atoms with Crippen LogP contribution in [0.1, 0.15) is 12.8 Å². The second-order valence-electron chi connectivity index (χ2n) is 4.82. The Hall–Kier alpha value is -0.700. The molecule has 2 heterocycles. The summed E-state index contributed by atoms with van der Waals surface area (Å²) in [6.45, 7) is 0.966. The summed E-state index contributed by atoms with van der Waals surface area (Å²) in [5.41, 5.74) is 0. The van der Waals surface area contributed by atoms with Gasteiger partial charge < -0.3 is 19.5 Å². The summed E-state index contributed by atoms with van der Waals surface area (Å²) in [5, 5.41) is 20.1. The third-order valence-electron chi connectivity index (χ3n) is 3.54. The highest BCUT2D eigenvalue weighted by Crippen LogP contribution is 2.25. The lowest BCUT2D eigenvalue weighted by Gasteiger charge is -2.38. The number of hydrogen-bond acceptors (Lipinski definition) is 7. The number of hydroxylamine groups is 2. The molecule has 19 heavy (non-hydrogen) atoms. The molecule has 2 aliphatic rings. The van der Waals surface area contributed by atoms with Gasteiger partial charge in [0.1, 0.15) is 12.3 Å². The first-order valence-corrected chi connectivity index (χ1v) is 6.44. The summed E-state index contributed by atoms with van der Waals surface area (Å²) in [6.07, 6.45) is 4.28. The molecule has 0 radical (unpaired) electrons. The molecule has 0 spiro atoms. The van der Waals surface area contributed by atoms with E-state index in [1.165, 1.54) is 7.11 Å². The van der Waals surface area contributed by atoms with Crippen molar-refractivity contribution in [3.8, 4) is 0 Å². The van der Waals surface area contributed by atoms with E-state index in [-0.39, 0.29) is 18.4 Å². The van der Waals surface area contributed by atoms with Crippen LogP contribution in [0.2, 0.25) is 0 Å². The molecule has 7 heteroatoms. The van der Waals surface area contributed by atoms with E-state index < -0.39 is 6.10 Å². The quantitative estimate of drug-likeness (QED) is 0.681. The van der Waals surface area contributed by atoms with Crippen LogP contribution >= 0.6 is 0 Å². The molecule has 2 N–H and O–H groups in total. The molecule has 2 aliphatic heterocycles. The molecule has 0 aromatic carbocycles. The average molecular weight is 274 g/mol. The van der Waals surface area contributed by atoms with Gasteiger partial charge in [0.2, 0.25) is 0 Å². The summed E-state index contributed by atoms with van der Waals surface area (Å²) in [7, 11) is 3.01. The van der Waals surface area contributed by atoms with Gasteiger partial charge in [-0.15, -0.1) is 0 Å². The van der Waals surface area contributed by atoms with Crippen molar-refractivity contribution >= 4 is 0 Å². The Labute approximate surface area is 112 Å². The maximum absolute atomic E-state index is 9.83. The third-order valence-corrected chi connectivity index (χ3v) is 3.54. The normalized spacial score (nSPS) is 35.3. The van der Waals surface area contributed by atoms with Crippen LogP contribution in [0.25, 0.3) is 0 Å². The van der Waals surface area contributed by atoms with Crippen LogP contribution in [0.15, 0.2) is 12.3 Å². The van der Waals surface area contributed by atoms with Crippen molar-refractivity contribution in [1.29, 1.82) is 0 Å². The lowest BCUT2D eigenvalue weighted by molar-refractivity contribution is -0.341. The van der Waals surface area contributed by atoms with Gasteiger partial charge in [0.05, 0.1) is 25.9 Å². The van der Waals surface area contributed by atoms with Gasteiger partial charge >= 0.3 is 0 Å². The predicted molar refractivity (Wildman–Crippen MR) is 66.0 cm³/mol. The summed E-state index contributed by atoms with van der Waals surface area (Å²) in [6, 6.07) is -0.207. The lowest BCUT2D eigenvalue weighted by Crippen LogP contribution is -2.48. The summed E-state index contributed by atoms with van der Waals surface area (Å²) in [5.74, 6) is 0. The fourth-order valence-electron chi connectivity index (χ4n) is 2.46. The zero-order valence-electron chi connectivity index (χ0n) is 11.3. The zero-order chi connectivity index (χ0) is 13.8. The molecule has 0 amide bonds. The van der Waals surface area contributed by atoms with Gasteiger partial charge in [0.25, 0.3) is 0 Å². The van der Waals surface area contributed by atoms with Crippen molar-refractivity contribution in [2.24, 2.45) is 0 Å². The first-order valence-electron chi connectivity index (χ1n) is 6.44. The molecule has 110 valence electrons. The lowest BCUT2D eigenvalue weighted by atomic mass is 10.0. The minimum atomic E-state index is -0.480. The fraction of sp³-hybridized carbons (Fsp3) is 0.833. The first-order chi connectivity index (χ1) is 9.15. The minimum absolute atomic E-state index is 0.102. The van der Waals surface area contributed by atoms with Gasteiger partial charge in [-0.05, 0) is 25.1 Å². The standard InChI is InChI=1S/C12H22N2O5/c1-17-8-11-10(15)3-4-12(19-11)13-6-5-9(7-13)14(16)18-2/h5-6,9-12,15-16H,3-4,7-8H2,1-2H3. The highest BCUT2D eigenvalue weighted by atomic mass is 16.9. The van der Waals surface area contributed by atoms with Crippen LogP contribution in [0.5, 0.6) is 0 Å². The molecule has 1 fully saturated rings. The Morgan fingerprint density at radius 3 is 2.89 bits per heavy atom. The third kappa shape index (κ3) is 3.44. The highest BCUT2D eigenvalue weighted by molar-refractivity contribution is 5.02. The fourth-order valence-corrected chi connectivity index (χ4v) is 2.46. The molecule has 4 unspecified atom stereocenters. The number of rotatable bonds is 5. The molecule has 4 atom stereocenters. The predicted octanol–water partition coefficient (Wildman–Crippen LogP) is -0.0507. The van der Waals surface area contributed by atoms with Gasteiger partial charge in [-0.3, -0.25) is 10.0 Å². The van der Waals surface area contributed by atoms with Crippen molar-refractivity contribution in [3.63, 3.8) is 0 Å². The number of methoxy groups -OCH3 is 1. The van der Waals surface area contributed by atoms with E-state index in [1.54, 1.807) is 7.11 Å². The molecule has 2 rings (SSSR count). The molecule has 0 bridgehead atoms. The van der Waals surface area contributed by atoms with Gasteiger partial charge in [-0.1, -0.05) is 5.23 Å². The molecular weight excluding hydrogens is 252 g/mol. The Morgan fingerprint density at radius 2 is 2.21 bits per heavy atom. The maximum atomic E-state index is 9.83. The van der Waals surface area contributed by atoms with E-state index in [0.29, 0.717) is 19.6 Å². The van der Waals surface area contributed by atoms with Crippen LogP contribution in [0, 0.1) is 0 Å². The van der Waals surface area contributed by atoms with Crippen molar-refractivity contribution in [2.75, 3.05) is 27.4 Å². The number of aliphatic hydroxyl groups excluding tert-OH is 1. The van der Waals surface area contributed by atoms with Crippen molar-refractivity contribution in [3.05, 3.63) is 12.3 Å². The van der Waals surface area contributed by atoms with E-state index >= 15 is 0 Å².